The Kier molecular flexibility index (Phi) is 6.77. The van der Waals surface area contributed by atoms with Crippen molar-refractivity contribution in [1.82, 2.24) is 14.8 Å². The fraction of sp³-hybridized carbons (Fsp3) is 0.684. The van der Waals surface area contributed by atoms with E-state index in [1.54, 1.807) is 0 Å². The maximum Gasteiger partial charge on any atom is 0.146 e. The number of hydrogen-bond acceptors (Lipinski definition) is 6. The van der Waals surface area contributed by atoms with E-state index in [0.717, 1.165) is 49.8 Å². The minimum atomic E-state index is 0.176. The van der Waals surface area contributed by atoms with Crippen LogP contribution in [0, 0.1) is 37.0 Å². The Bertz CT molecular complexity index is 625. The number of hydrogen-bond donors (Lipinski definition) is 1. The van der Waals surface area contributed by atoms with Gasteiger partial charge in [-0.15, -0.1) is 0 Å². The summed E-state index contributed by atoms with van der Waals surface area (Å²) in [5.41, 5.74) is 2.63. The largest absolute Gasteiger partial charge is 0.396 e. The van der Waals surface area contributed by atoms with Crippen LogP contribution in [0.2, 0.25) is 0 Å². The fourth-order valence-electron chi connectivity index (χ4n) is 3.40. The molecule has 0 radical (unpaired) electrons. The molecule has 0 spiro atoms. The van der Waals surface area contributed by atoms with Crippen LogP contribution in [0.25, 0.3) is 0 Å². The lowest BCUT2D eigenvalue weighted by Crippen LogP contribution is -2.35. The van der Waals surface area contributed by atoms with Gasteiger partial charge in [0.15, 0.2) is 0 Å². The molecule has 0 amide bonds. The first-order chi connectivity index (χ1) is 11.8. The van der Waals surface area contributed by atoms with Crippen molar-refractivity contribution in [3.63, 3.8) is 0 Å². The van der Waals surface area contributed by atoms with E-state index in [0.29, 0.717) is 11.5 Å². The van der Waals surface area contributed by atoms with Crippen LogP contribution in [0.4, 0.5) is 5.82 Å². The number of nitrogens with zero attached hydrogens (tertiary/aromatic N) is 5. The van der Waals surface area contributed by atoms with E-state index < -0.39 is 0 Å². The number of rotatable bonds is 7. The number of nitriles is 1. The SMILES string of the molecule is Cc1cc(C#N)c(N2C[C@@H](CN(C)CCN(C)C)[C@@H](CO)C2)nc1C. The van der Waals surface area contributed by atoms with Gasteiger partial charge in [0.05, 0.1) is 5.56 Å². The summed E-state index contributed by atoms with van der Waals surface area (Å²) in [5.74, 6) is 1.37. The third-order valence-electron chi connectivity index (χ3n) is 5.15. The van der Waals surface area contributed by atoms with E-state index in [9.17, 15) is 10.4 Å². The van der Waals surface area contributed by atoms with Gasteiger partial charge in [0.1, 0.15) is 11.9 Å². The third kappa shape index (κ3) is 4.91. The monoisotopic (exact) mass is 345 g/mol. The maximum absolute atomic E-state index is 9.82. The highest BCUT2D eigenvalue weighted by Crippen LogP contribution is 2.30. The van der Waals surface area contributed by atoms with Crippen LogP contribution in [0.15, 0.2) is 6.07 Å². The van der Waals surface area contributed by atoms with E-state index in [-0.39, 0.29) is 12.5 Å². The zero-order valence-corrected chi connectivity index (χ0v) is 16.2. The smallest absolute Gasteiger partial charge is 0.146 e. The van der Waals surface area contributed by atoms with Crippen LogP contribution in [0.5, 0.6) is 0 Å². The predicted octanol–water partition coefficient (Wildman–Crippen LogP) is 1.11. The van der Waals surface area contributed by atoms with Crippen molar-refractivity contribution in [2.75, 3.05) is 65.4 Å². The molecular formula is C19H31N5O. The summed E-state index contributed by atoms with van der Waals surface area (Å²) in [6, 6.07) is 4.20. The van der Waals surface area contributed by atoms with Gasteiger partial charge in [-0.05, 0) is 52.5 Å². The van der Waals surface area contributed by atoms with E-state index in [1.165, 1.54) is 0 Å². The molecule has 1 fully saturated rings. The van der Waals surface area contributed by atoms with Gasteiger partial charge < -0.3 is 19.8 Å². The Labute approximate surface area is 151 Å². The molecule has 25 heavy (non-hydrogen) atoms. The lowest BCUT2D eigenvalue weighted by Gasteiger charge is -2.25. The Balaban J connectivity index is 2.11. The molecule has 1 aromatic rings. The van der Waals surface area contributed by atoms with Gasteiger partial charge in [0.25, 0.3) is 0 Å². The van der Waals surface area contributed by atoms with E-state index >= 15 is 0 Å². The number of likely N-dealkylation sites (N-methyl/N-ethyl adjacent to an activating group) is 2. The summed E-state index contributed by atoms with van der Waals surface area (Å²) in [6.07, 6.45) is 0. The van der Waals surface area contributed by atoms with Crippen LogP contribution in [0.3, 0.4) is 0 Å². The Morgan fingerprint density at radius 1 is 1.24 bits per heavy atom. The zero-order chi connectivity index (χ0) is 18.6. The average molecular weight is 345 g/mol. The first kappa shape index (κ1) is 19.6. The summed E-state index contributed by atoms with van der Waals surface area (Å²) in [6.45, 7) is 8.70. The minimum absolute atomic E-state index is 0.176. The Hall–Kier alpha value is -1.68. The number of aryl methyl sites for hydroxylation is 2. The molecule has 0 saturated carbocycles. The number of aliphatic hydroxyl groups excluding tert-OH is 1. The number of anilines is 1. The average Bonchev–Trinajstić information content (AvgIpc) is 2.97. The number of aliphatic hydroxyl groups is 1. The molecule has 6 nitrogen and oxygen atoms in total. The molecule has 2 rings (SSSR count). The Morgan fingerprint density at radius 2 is 1.92 bits per heavy atom. The van der Waals surface area contributed by atoms with E-state index in [2.05, 4.69) is 46.9 Å². The van der Waals surface area contributed by atoms with Gasteiger partial charge in [-0.1, -0.05) is 0 Å². The predicted molar refractivity (Wildman–Crippen MR) is 101 cm³/mol. The van der Waals surface area contributed by atoms with Crippen LogP contribution >= 0.6 is 0 Å². The molecule has 1 aromatic heterocycles. The molecule has 0 bridgehead atoms. The highest BCUT2D eigenvalue weighted by atomic mass is 16.3. The molecule has 0 unspecified atom stereocenters. The van der Waals surface area contributed by atoms with Crippen molar-refractivity contribution in [3.8, 4) is 6.07 Å². The number of pyridine rings is 1. The normalized spacial score (nSPS) is 20.5. The molecule has 0 aliphatic carbocycles. The summed E-state index contributed by atoms with van der Waals surface area (Å²) in [5, 5.41) is 19.3. The summed E-state index contributed by atoms with van der Waals surface area (Å²) >= 11 is 0. The first-order valence-electron chi connectivity index (χ1n) is 8.93. The molecule has 1 saturated heterocycles. The molecule has 138 valence electrons. The topological polar surface area (TPSA) is 66.6 Å². The van der Waals surface area contributed by atoms with E-state index in [4.69, 9.17) is 0 Å². The highest BCUT2D eigenvalue weighted by Gasteiger charge is 2.34. The van der Waals surface area contributed by atoms with Crippen molar-refractivity contribution in [2.45, 2.75) is 13.8 Å². The second-order valence-corrected chi connectivity index (χ2v) is 7.55. The molecule has 2 atom stereocenters. The van der Waals surface area contributed by atoms with Crippen LogP contribution in [0.1, 0.15) is 16.8 Å². The molecule has 1 aliphatic heterocycles. The van der Waals surface area contributed by atoms with Gasteiger partial charge in [-0.2, -0.15) is 5.26 Å². The fourth-order valence-corrected chi connectivity index (χ4v) is 3.40. The van der Waals surface area contributed by atoms with Crippen molar-refractivity contribution in [1.29, 1.82) is 5.26 Å². The molecule has 0 aromatic carbocycles. The maximum atomic E-state index is 9.82. The third-order valence-corrected chi connectivity index (χ3v) is 5.15. The lowest BCUT2D eigenvalue weighted by molar-refractivity contribution is 0.171. The van der Waals surface area contributed by atoms with E-state index in [1.807, 2.05) is 19.9 Å². The molecule has 1 N–H and O–H groups in total. The molecular weight excluding hydrogens is 314 g/mol. The van der Waals surface area contributed by atoms with Gasteiger partial charge >= 0.3 is 0 Å². The quantitative estimate of drug-likeness (QED) is 0.798. The van der Waals surface area contributed by atoms with Crippen molar-refractivity contribution < 1.29 is 5.11 Å². The lowest BCUT2D eigenvalue weighted by atomic mass is 9.96. The van der Waals surface area contributed by atoms with Gasteiger partial charge in [-0.3, -0.25) is 0 Å². The second-order valence-electron chi connectivity index (χ2n) is 7.55. The van der Waals surface area contributed by atoms with Crippen molar-refractivity contribution in [3.05, 3.63) is 22.9 Å². The zero-order valence-electron chi connectivity index (χ0n) is 16.2. The molecule has 2 heterocycles. The van der Waals surface area contributed by atoms with Gasteiger partial charge in [0.2, 0.25) is 0 Å². The van der Waals surface area contributed by atoms with Crippen molar-refractivity contribution >= 4 is 5.82 Å². The van der Waals surface area contributed by atoms with Gasteiger partial charge in [0, 0.05) is 50.9 Å². The van der Waals surface area contributed by atoms with Crippen LogP contribution < -0.4 is 4.90 Å². The molecule has 1 aliphatic rings. The summed E-state index contributed by atoms with van der Waals surface area (Å²) in [4.78, 5) is 11.4. The highest BCUT2D eigenvalue weighted by molar-refractivity contribution is 5.56. The summed E-state index contributed by atoms with van der Waals surface area (Å²) in [7, 11) is 6.29. The summed E-state index contributed by atoms with van der Waals surface area (Å²) < 4.78 is 0. The second kappa shape index (κ2) is 8.61. The van der Waals surface area contributed by atoms with Crippen molar-refractivity contribution in [2.24, 2.45) is 11.8 Å². The van der Waals surface area contributed by atoms with Crippen LogP contribution in [-0.4, -0.2) is 80.4 Å². The Morgan fingerprint density at radius 3 is 2.52 bits per heavy atom. The first-order valence-corrected chi connectivity index (χ1v) is 8.93. The van der Waals surface area contributed by atoms with Gasteiger partial charge in [-0.25, -0.2) is 4.98 Å². The minimum Gasteiger partial charge on any atom is -0.396 e. The standard InChI is InChI=1S/C19H31N5O/c1-14-8-16(9-20)19(21-15(14)2)24-11-17(18(12-24)13-25)10-23(5)7-6-22(3)4/h8,17-18,25H,6-7,10-13H2,1-5H3/t17-,18-/m1/s1. The number of aromatic nitrogens is 1. The van der Waals surface area contributed by atoms with Crippen LogP contribution in [-0.2, 0) is 0 Å². The molecule has 6 heteroatoms.